The van der Waals surface area contributed by atoms with Gasteiger partial charge >= 0.3 is 0 Å². The first-order valence-electron chi connectivity index (χ1n) is 5.32. The standard InChI is InChI=1S/C9H22N2O3S/c1-4-9(5-2)10-15(13,14)11(3)7-6-8-12/h9-10,12H,4-8H2,1-3H3. The van der Waals surface area contributed by atoms with Crippen LogP contribution >= 0.6 is 0 Å². The summed E-state index contributed by atoms with van der Waals surface area (Å²) in [4.78, 5) is 0. The molecular formula is C9H22N2O3S. The van der Waals surface area contributed by atoms with Crippen LogP contribution in [0.5, 0.6) is 0 Å². The first-order valence-corrected chi connectivity index (χ1v) is 6.76. The fraction of sp³-hybridized carbons (Fsp3) is 1.00. The maximum Gasteiger partial charge on any atom is 0.279 e. The van der Waals surface area contributed by atoms with Crippen LogP contribution in [-0.4, -0.2) is 44.1 Å². The van der Waals surface area contributed by atoms with Gasteiger partial charge in [0.15, 0.2) is 0 Å². The molecule has 92 valence electrons. The lowest BCUT2D eigenvalue weighted by molar-refractivity contribution is 0.275. The Bertz CT molecular complexity index is 250. The second kappa shape index (κ2) is 7.16. The molecule has 0 saturated carbocycles. The molecular weight excluding hydrogens is 216 g/mol. The number of aliphatic hydroxyl groups excluding tert-OH is 1. The van der Waals surface area contributed by atoms with Crippen LogP contribution in [0.15, 0.2) is 0 Å². The summed E-state index contributed by atoms with van der Waals surface area (Å²) in [6, 6.07) is -0.00780. The third-order valence-corrected chi connectivity index (χ3v) is 3.98. The van der Waals surface area contributed by atoms with Crippen molar-refractivity contribution in [2.24, 2.45) is 0 Å². The Hall–Kier alpha value is -0.170. The minimum atomic E-state index is -3.38. The second-order valence-electron chi connectivity index (χ2n) is 3.54. The van der Waals surface area contributed by atoms with Crippen molar-refractivity contribution in [2.75, 3.05) is 20.2 Å². The van der Waals surface area contributed by atoms with E-state index in [2.05, 4.69) is 4.72 Å². The van der Waals surface area contributed by atoms with E-state index in [1.807, 2.05) is 13.8 Å². The van der Waals surface area contributed by atoms with Crippen molar-refractivity contribution in [3.63, 3.8) is 0 Å². The molecule has 0 aliphatic heterocycles. The molecule has 2 N–H and O–H groups in total. The number of rotatable bonds is 8. The Morgan fingerprint density at radius 2 is 1.87 bits per heavy atom. The van der Waals surface area contributed by atoms with Crippen molar-refractivity contribution in [3.05, 3.63) is 0 Å². The van der Waals surface area contributed by atoms with E-state index >= 15 is 0 Å². The molecule has 0 aromatic heterocycles. The average Bonchev–Trinajstić information content (AvgIpc) is 2.22. The summed E-state index contributed by atoms with van der Waals surface area (Å²) in [5.41, 5.74) is 0. The molecule has 5 nitrogen and oxygen atoms in total. The van der Waals surface area contributed by atoms with Gasteiger partial charge in [-0.05, 0) is 19.3 Å². The summed E-state index contributed by atoms with van der Waals surface area (Å²) in [7, 11) is -1.87. The van der Waals surface area contributed by atoms with Gasteiger partial charge < -0.3 is 5.11 Å². The summed E-state index contributed by atoms with van der Waals surface area (Å²) in [5.74, 6) is 0. The SMILES string of the molecule is CCC(CC)NS(=O)(=O)N(C)CCCO. The van der Waals surface area contributed by atoms with Gasteiger partial charge in [-0.25, -0.2) is 0 Å². The zero-order valence-corrected chi connectivity index (χ0v) is 10.5. The van der Waals surface area contributed by atoms with Gasteiger partial charge in [0.1, 0.15) is 0 Å². The van der Waals surface area contributed by atoms with E-state index in [1.54, 1.807) is 0 Å². The molecule has 0 heterocycles. The molecule has 0 saturated heterocycles. The first kappa shape index (κ1) is 14.8. The van der Waals surface area contributed by atoms with E-state index in [4.69, 9.17) is 5.11 Å². The fourth-order valence-corrected chi connectivity index (χ4v) is 2.47. The Kier molecular flexibility index (Phi) is 7.08. The average molecular weight is 238 g/mol. The van der Waals surface area contributed by atoms with Crippen LogP contribution in [0.25, 0.3) is 0 Å². The normalized spacial score (nSPS) is 12.7. The summed E-state index contributed by atoms with van der Waals surface area (Å²) in [6.45, 7) is 4.24. The lowest BCUT2D eigenvalue weighted by atomic mass is 10.2. The highest BCUT2D eigenvalue weighted by molar-refractivity contribution is 7.87. The van der Waals surface area contributed by atoms with Gasteiger partial charge in [-0.15, -0.1) is 0 Å². The highest BCUT2D eigenvalue weighted by Crippen LogP contribution is 2.02. The molecule has 0 rings (SSSR count). The molecule has 6 heteroatoms. The van der Waals surface area contributed by atoms with E-state index in [1.165, 1.54) is 11.4 Å². The predicted molar refractivity (Wildman–Crippen MR) is 60.8 cm³/mol. The van der Waals surface area contributed by atoms with Crippen LogP contribution in [0.2, 0.25) is 0 Å². The van der Waals surface area contributed by atoms with Crippen molar-refractivity contribution in [2.45, 2.75) is 39.2 Å². The molecule has 0 aromatic rings. The second-order valence-corrected chi connectivity index (χ2v) is 5.34. The summed E-state index contributed by atoms with van der Waals surface area (Å²) >= 11 is 0. The highest BCUT2D eigenvalue weighted by atomic mass is 32.2. The maximum absolute atomic E-state index is 11.7. The molecule has 0 amide bonds. The molecule has 0 fully saturated rings. The van der Waals surface area contributed by atoms with Gasteiger partial charge in [0, 0.05) is 26.2 Å². The number of hydrogen-bond acceptors (Lipinski definition) is 3. The van der Waals surface area contributed by atoms with E-state index in [0.29, 0.717) is 13.0 Å². The number of nitrogens with zero attached hydrogens (tertiary/aromatic N) is 1. The number of nitrogens with one attached hydrogen (secondary N) is 1. The van der Waals surface area contributed by atoms with Crippen molar-refractivity contribution >= 4 is 10.2 Å². The lowest BCUT2D eigenvalue weighted by Crippen LogP contribution is -2.43. The van der Waals surface area contributed by atoms with Gasteiger partial charge in [-0.1, -0.05) is 13.8 Å². The monoisotopic (exact) mass is 238 g/mol. The Labute approximate surface area is 92.7 Å². The smallest absolute Gasteiger partial charge is 0.279 e. The van der Waals surface area contributed by atoms with Gasteiger partial charge in [-0.2, -0.15) is 17.4 Å². The minimum absolute atomic E-state index is 0.00481. The quantitative estimate of drug-likeness (QED) is 0.640. The van der Waals surface area contributed by atoms with E-state index < -0.39 is 10.2 Å². The lowest BCUT2D eigenvalue weighted by Gasteiger charge is -2.21. The van der Waals surface area contributed by atoms with E-state index in [-0.39, 0.29) is 12.6 Å². The van der Waals surface area contributed by atoms with Gasteiger partial charge in [0.05, 0.1) is 0 Å². The van der Waals surface area contributed by atoms with Crippen molar-refractivity contribution in [1.82, 2.24) is 9.03 Å². The summed E-state index contributed by atoms with van der Waals surface area (Å²) in [6.07, 6.45) is 2.02. The molecule has 0 aromatic carbocycles. The van der Waals surface area contributed by atoms with Crippen LogP contribution in [0.4, 0.5) is 0 Å². The van der Waals surface area contributed by atoms with Crippen LogP contribution in [-0.2, 0) is 10.2 Å². The number of aliphatic hydroxyl groups is 1. The maximum atomic E-state index is 11.7. The highest BCUT2D eigenvalue weighted by Gasteiger charge is 2.19. The Balaban J connectivity index is 4.27. The largest absolute Gasteiger partial charge is 0.396 e. The van der Waals surface area contributed by atoms with E-state index in [0.717, 1.165) is 12.8 Å². The van der Waals surface area contributed by atoms with Crippen LogP contribution in [0.3, 0.4) is 0 Å². The first-order chi connectivity index (χ1) is 6.97. The van der Waals surface area contributed by atoms with Crippen LogP contribution in [0, 0.1) is 0 Å². The topological polar surface area (TPSA) is 69.6 Å². The fourth-order valence-electron chi connectivity index (χ4n) is 1.17. The molecule has 0 aliphatic rings. The molecule has 0 radical (unpaired) electrons. The molecule has 0 bridgehead atoms. The van der Waals surface area contributed by atoms with Crippen molar-refractivity contribution in [1.29, 1.82) is 0 Å². The molecule has 0 aliphatic carbocycles. The van der Waals surface area contributed by atoms with Crippen molar-refractivity contribution < 1.29 is 13.5 Å². The Morgan fingerprint density at radius 1 is 1.33 bits per heavy atom. The third-order valence-electron chi connectivity index (χ3n) is 2.34. The van der Waals surface area contributed by atoms with Gasteiger partial charge in [0.2, 0.25) is 0 Å². The molecule has 0 atom stereocenters. The zero-order chi connectivity index (χ0) is 11.9. The van der Waals surface area contributed by atoms with Crippen LogP contribution < -0.4 is 4.72 Å². The predicted octanol–water partition coefficient (Wildman–Crippen LogP) is 0.324. The van der Waals surface area contributed by atoms with Gasteiger partial charge in [0.25, 0.3) is 10.2 Å². The Morgan fingerprint density at radius 3 is 2.27 bits per heavy atom. The zero-order valence-electron chi connectivity index (χ0n) is 9.73. The third kappa shape index (κ3) is 5.46. The molecule has 0 spiro atoms. The summed E-state index contributed by atoms with van der Waals surface area (Å²) in [5, 5.41) is 8.61. The number of hydrogen-bond donors (Lipinski definition) is 2. The minimum Gasteiger partial charge on any atom is -0.396 e. The van der Waals surface area contributed by atoms with Gasteiger partial charge in [-0.3, -0.25) is 0 Å². The molecule has 15 heavy (non-hydrogen) atoms. The summed E-state index contributed by atoms with van der Waals surface area (Å²) < 4.78 is 27.3. The van der Waals surface area contributed by atoms with Crippen LogP contribution in [0.1, 0.15) is 33.1 Å². The van der Waals surface area contributed by atoms with Crippen molar-refractivity contribution in [3.8, 4) is 0 Å². The molecule has 0 unspecified atom stereocenters. The van der Waals surface area contributed by atoms with E-state index in [9.17, 15) is 8.42 Å².